The number of hydrogen-bond acceptors (Lipinski definition) is 4. The second-order valence-corrected chi connectivity index (χ2v) is 10.5. The molecule has 2 aliphatic heterocycles. The number of benzene rings is 3. The molecule has 2 aliphatic rings. The molecule has 40 heavy (non-hydrogen) atoms. The molecule has 0 bridgehead atoms. The molecule has 200 valence electrons. The number of rotatable bonds is 5. The molecule has 1 fully saturated rings. The number of ether oxygens (including phenoxy) is 1. The third kappa shape index (κ3) is 3.78. The minimum Gasteiger partial charge on any atom is -0.465 e. The van der Waals surface area contributed by atoms with Crippen LogP contribution in [0.1, 0.15) is 38.8 Å². The summed E-state index contributed by atoms with van der Waals surface area (Å²) >= 11 is 0. The lowest BCUT2D eigenvalue weighted by Gasteiger charge is -2.47. The number of amides is 2. The number of aromatic amines is 2. The summed E-state index contributed by atoms with van der Waals surface area (Å²) in [6.45, 7) is 0.500. The number of esters is 1. The highest BCUT2D eigenvalue weighted by Gasteiger charge is 2.48. The Balaban J connectivity index is 1.25. The Morgan fingerprint density at radius 1 is 0.950 bits per heavy atom. The van der Waals surface area contributed by atoms with E-state index < -0.39 is 18.1 Å². The molecular formula is C32H28N4O4. The van der Waals surface area contributed by atoms with Crippen LogP contribution in [0.4, 0.5) is 0 Å². The molecule has 5 aromatic rings. The summed E-state index contributed by atoms with van der Waals surface area (Å²) in [5.74, 6) is -0.545. The van der Waals surface area contributed by atoms with Crippen LogP contribution in [0.5, 0.6) is 0 Å². The van der Waals surface area contributed by atoms with Crippen molar-refractivity contribution in [1.82, 2.24) is 19.8 Å². The number of carbonyl (C=O) groups is 3. The largest absolute Gasteiger partial charge is 0.465 e. The van der Waals surface area contributed by atoms with E-state index >= 15 is 0 Å². The molecule has 0 aliphatic carbocycles. The number of fused-ring (bicyclic) bond motifs is 5. The van der Waals surface area contributed by atoms with Crippen molar-refractivity contribution in [2.24, 2.45) is 0 Å². The zero-order valence-corrected chi connectivity index (χ0v) is 22.0. The SMILES string of the molecule is COC(=O)c1ccc([C@H]2c3[nH]c4ccccc4c3C[C@H]3C(=O)N(CCc4c[nH]c5ccccc45)CC(=O)N23)cc1. The van der Waals surface area contributed by atoms with E-state index in [0.717, 1.165) is 44.2 Å². The average molecular weight is 533 g/mol. The standard InChI is InChI=1S/C32H28N4O4/c1-40-32(39)20-12-10-19(11-13-20)30-29-24(23-7-3-5-9-26(23)34-29)16-27-31(38)35(18-28(37)36(27)30)15-14-21-17-33-25-8-4-2-6-22(21)25/h2-13,17,27,30,33-34H,14-16,18H2,1H3/t27-,30-/m0/s1. The van der Waals surface area contributed by atoms with Gasteiger partial charge in [0.25, 0.3) is 0 Å². The third-order valence-corrected chi connectivity index (χ3v) is 8.32. The topological polar surface area (TPSA) is 98.5 Å². The van der Waals surface area contributed by atoms with Crippen LogP contribution in [-0.2, 0) is 27.2 Å². The van der Waals surface area contributed by atoms with Gasteiger partial charge in [0.2, 0.25) is 11.8 Å². The highest BCUT2D eigenvalue weighted by atomic mass is 16.5. The number of nitrogens with zero attached hydrogens (tertiary/aromatic N) is 2. The first-order chi connectivity index (χ1) is 19.5. The smallest absolute Gasteiger partial charge is 0.337 e. The Kier molecular flexibility index (Phi) is 5.70. The second-order valence-electron chi connectivity index (χ2n) is 10.5. The molecule has 2 N–H and O–H groups in total. The van der Waals surface area contributed by atoms with Crippen LogP contribution in [-0.4, -0.2) is 63.8 Å². The molecule has 0 unspecified atom stereocenters. The van der Waals surface area contributed by atoms with Crippen LogP contribution in [0, 0.1) is 0 Å². The van der Waals surface area contributed by atoms with E-state index in [1.807, 2.05) is 54.7 Å². The lowest BCUT2D eigenvalue weighted by Crippen LogP contribution is -2.63. The Morgan fingerprint density at radius 3 is 2.45 bits per heavy atom. The van der Waals surface area contributed by atoms with E-state index in [9.17, 15) is 14.4 Å². The van der Waals surface area contributed by atoms with Gasteiger partial charge in [0.1, 0.15) is 6.04 Å². The molecular weight excluding hydrogens is 504 g/mol. The van der Waals surface area contributed by atoms with Gasteiger partial charge in [-0.05, 0) is 47.4 Å². The number of carbonyl (C=O) groups excluding carboxylic acids is 3. The molecule has 7 rings (SSSR count). The number of piperazine rings is 1. The summed E-state index contributed by atoms with van der Waals surface area (Å²) < 4.78 is 4.86. The average Bonchev–Trinajstić information content (AvgIpc) is 3.58. The molecule has 0 spiro atoms. The van der Waals surface area contributed by atoms with Gasteiger partial charge in [-0.2, -0.15) is 0 Å². The Hall–Kier alpha value is -4.85. The van der Waals surface area contributed by atoms with E-state index in [0.29, 0.717) is 24.9 Å². The zero-order valence-electron chi connectivity index (χ0n) is 22.0. The minimum absolute atomic E-state index is 0.0317. The van der Waals surface area contributed by atoms with Gasteiger partial charge in [-0.3, -0.25) is 9.59 Å². The first-order valence-electron chi connectivity index (χ1n) is 13.5. The van der Waals surface area contributed by atoms with Crippen LogP contribution < -0.4 is 0 Å². The number of methoxy groups -OCH3 is 1. The highest BCUT2D eigenvalue weighted by Crippen LogP contribution is 2.42. The molecule has 3 aromatic carbocycles. The van der Waals surface area contributed by atoms with Crippen molar-refractivity contribution in [1.29, 1.82) is 0 Å². The van der Waals surface area contributed by atoms with Crippen molar-refractivity contribution in [2.75, 3.05) is 20.2 Å². The summed E-state index contributed by atoms with van der Waals surface area (Å²) in [7, 11) is 1.35. The van der Waals surface area contributed by atoms with Gasteiger partial charge in [0, 0.05) is 46.7 Å². The fourth-order valence-corrected chi connectivity index (χ4v) is 6.37. The second kappa shape index (κ2) is 9.41. The predicted molar refractivity (Wildman–Crippen MR) is 151 cm³/mol. The molecule has 8 heteroatoms. The summed E-state index contributed by atoms with van der Waals surface area (Å²) in [6, 6.07) is 22.2. The van der Waals surface area contributed by atoms with Crippen LogP contribution in [0.25, 0.3) is 21.8 Å². The molecule has 8 nitrogen and oxygen atoms in total. The van der Waals surface area contributed by atoms with E-state index in [2.05, 4.69) is 22.1 Å². The van der Waals surface area contributed by atoms with Gasteiger partial charge in [0.15, 0.2) is 0 Å². The van der Waals surface area contributed by atoms with Crippen molar-refractivity contribution in [3.8, 4) is 0 Å². The first-order valence-corrected chi connectivity index (χ1v) is 13.5. The minimum atomic E-state index is -0.610. The summed E-state index contributed by atoms with van der Waals surface area (Å²) in [5, 5.41) is 2.20. The lowest BCUT2D eigenvalue weighted by atomic mass is 9.86. The van der Waals surface area contributed by atoms with Crippen molar-refractivity contribution in [3.63, 3.8) is 0 Å². The monoisotopic (exact) mass is 532 g/mol. The van der Waals surface area contributed by atoms with Crippen molar-refractivity contribution in [2.45, 2.75) is 24.9 Å². The Labute approximate surface area is 230 Å². The molecule has 4 heterocycles. The van der Waals surface area contributed by atoms with E-state index in [1.165, 1.54) is 7.11 Å². The van der Waals surface area contributed by atoms with Gasteiger partial charge < -0.3 is 24.5 Å². The fraction of sp³-hybridized carbons (Fsp3) is 0.219. The first kappa shape index (κ1) is 24.2. The van der Waals surface area contributed by atoms with Gasteiger partial charge in [-0.15, -0.1) is 0 Å². The molecule has 0 radical (unpaired) electrons. The predicted octanol–water partition coefficient (Wildman–Crippen LogP) is 4.36. The third-order valence-electron chi connectivity index (χ3n) is 8.32. The maximum atomic E-state index is 14.0. The summed E-state index contributed by atoms with van der Waals surface area (Å²) in [5.41, 5.74) is 6.39. The van der Waals surface area contributed by atoms with Crippen LogP contribution in [0.2, 0.25) is 0 Å². The van der Waals surface area contributed by atoms with E-state index in [4.69, 9.17) is 4.74 Å². The molecule has 0 saturated carbocycles. The molecule has 1 saturated heterocycles. The number of nitrogens with one attached hydrogen (secondary N) is 2. The number of H-pyrrole nitrogens is 2. The summed E-state index contributed by atoms with van der Waals surface area (Å²) in [4.78, 5) is 50.2. The van der Waals surface area contributed by atoms with Crippen molar-refractivity contribution < 1.29 is 19.1 Å². The van der Waals surface area contributed by atoms with Crippen molar-refractivity contribution in [3.05, 3.63) is 107 Å². The van der Waals surface area contributed by atoms with Crippen LogP contribution in [0.15, 0.2) is 79.0 Å². The lowest BCUT2D eigenvalue weighted by molar-refractivity contribution is -0.158. The highest BCUT2D eigenvalue weighted by molar-refractivity contribution is 5.98. The van der Waals surface area contributed by atoms with E-state index in [1.54, 1.807) is 21.9 Å². The van der Waals surface area contributed by atoms with Gasteiger partial charge in [-0.25, -0.2) is 4.79 Å². The van der Waals surface area contributed by atoms with Gasteiger partial charge >= 0.3 is 5.97 Å². The normalized spacial score (nSPS) is 18.7. The Bertz CT molecular complexity index is 1780. The van der Waals surface area contributed by atoms with Gasteiger partial charge in [-0.1, -0.05) is 48.5 Å². The molecule has 2 amide bonds. The van der Waals surface area contributed by atoms with Gasteiger partial charge in [0.05, 0.1) is 25.3 Å². The maximum absolute atomic E-state index is 14.0. The molecule has 2 aromatic heterocycles. The molecule has 2 atom stereocenters. The zero-order chi connectivity index (χ0) is 27.4. The number of para-hydroxylation sites is 2. The van der Waals surface area contributed by atoms with Crippen molar-refractivity contribution >= 4 is 39.6 Å². The fourth-order valence-electron chi connectivity index (χ4n) is 6.37. The quantitative estimate of drug-likeness (QED) is 0.329. The van der Waals surface area contributed by atoms with Crippen LogP contribution in [0.3, 0.4) is 0 Å². The van der Waals surface area contributed by atoms with E-state index in [-0.39, 0.29) is 18.4 Å². The number of hydrogen-bond donors (Lipinski definition) is 2. The number of aromatic nitrogens is 2. The maximum Gasteiger partial charge on any atom is 0.337 e. The van der Waals surface area contributed by atoms with Crippen LogP contribution >= 0.6 is 0 Å². The summed E-state index contributed by atoms with van der Waals surface area (Å²) in [6.07, 6.45) is 3.09. The Morgan fingerprint density at radius 2 is 1.68 bits per heavy atom.